The second kappa shape index (κ2) is 12.9. The third kappa shape index (κ3) is 6.10. The summed E-state index contributed by atoms with van der Waals surface area (Å²) < 4.78 is 7.46. The van der Waals surface area contributed by atoms with E-state index in [-0.39, 0.29) is 6.03 Å². The summed E-state index contributed by atoms with van der Waals surface area (Å²) in [4.78, 5) is 25.2. The highest BCUT2D eigenvalue weighted by molar-refractivity contribution is 7.99. The normalized spacial score (nSPS) is 16.0. The lowest BCUT2D eigenvalue weighted by atomic mass is 10.00. The van der Waals surface area contributed by atoms with Crippen LogP contribution in [0.3, 0.4) is 0 Å². The van der Waals surface area contributed by atoms with Gasteiger partial charge < -0.3 is 19.9 Å². The Hall–Kier alpha value is -4.12. The molecule has 2 aliphatic heterocycles. The number of nitrogens with one attached hydrogen (secondary N) is 2. The highest BCUT2D eigenvalue weighted by atomic mass is 32.2. The maximum Gasteiger partial charge on any atom is 0.321 e. The Labute approximate surface area is 261 Å². The molecule has 0 unspecified atom stereocenters. The molecule has 0 saturated carbocycles. The second-order valence-corrected chi connectivity index (χ2v) is 12.5. The lowest BCUT2D eigenvalue weighted by molar-refractivity contribution is 0.0342. The number of thioether (sulfide) groups is 1. The monoisotopic (exact) mass is 607 g/mol. The van der Waals surface area contributed by atoms with Crippen LogP contribution in [0, 0.1) is 0 Å². The summed E-state index contributed by atoms with van der Waals surface area (Å²) in [5.41, 5.74) is 9.13. The van der Waals surface area contributed by atoms with Crippen molar-refractivity contribution < 1.29 is 9.53 Å². The summed E-state index contributed by atoms with van der Waals surface area (Å²) in [6, 6.07) is 21.0. The molecule has 226 valence electrons. The first-order valence-electron chi connectivity index (χ1n) is 15.3. The first kappa shape index (κ1) is 28.6. The van der Waals surface area contributed by atoms with Gasteiger partial charge in [-0.2, -0.15) is 16.9 Å². The Bertz CT molecular complexity index is 1730. The summed E-state index contributed by atoms with van der Waals surface area (Å²) in [5, 5.41) is 9.05. The second-order valence-electron chi connectivity index (χ2n) is 11.2. The lowest BCUT2D eigenvalue weighted by Crippen LogP contribution is -2.40. The Morgan fingerprint density at radius 1 is 0.955 bits per heavy atom. The molecular weight excluding hydrogens is 570 g/mol. The number of nitrogens with zero attached hydrogens (tertiary/aromatic N) is 5. The largest absolute Gasteiger partial charge is 0.379 e. The minimum atomic E-state index is -0.0387. The molecule has 2 amide bonds. The number of anilines is 1. The predicted octanol–water partition coefficient (Wildman–Crippen LogP) is 6.19. The molecule has 2 saturated heterocycles. The van der Waals surface area contributed by atoms with Crippen LogP contribution in [0.5, 0.6) is 0 Å². The van der Waals surface area contributed by atoms with E-state index < -0.39 is 0 Å². The van der Waals surface area contributed by atoms with Crippen molar-refractivity contribution in [3.05, 3.63) is 78.6 Å². The first-order chi connectivity index (χ1) is 21.6. The third-order valence-corrected chi connectivity index (χ3v) is 9.33. The summed E-state index contributed by atoms with van der Waals surface area (Å²) in [6.45, 7) is 8.95. The van der Waals surface area contributed by atoms with Gasteiger partial charge in [0.1, 0.15) is 11.3 Å². The number of urea groups is 1. The number of aromatic amines is 1. The lowest BCUT2D eigenvalue weighted by Gasteiger charge is -2.26. The quantitative estimate of drug-likeness (QED) is 0.229. The van der Waals surface area contributed by atoms with Crippen molar-refractivity contribution in [1.82, 2.24) is 29.5 Å². The maximum atomic E-state index is 12.7. The van der Waals surface area contributed by atoms with Crippen LogP contribution in [0.2, 0.25) is 0 Å². The number of aryl methyl sites for hydroxylation is 1. The molecule has 9 nitrogen and oxygen atoms in total. The molecule has 2 fully saturated rings. The number of carbonyl (C=O) groups excluding carboxylic acids is 1. The Morgan fingerprint density at radius 3 is 2.45 bits per heavy atom. The van der Waals surface area contributed by atoms with Gasteiger partial charge in [-0.25, -0.2) is 9.78 Å². The summed E-state index contributed by atoms with van der Waals surface area (Å²) >= 11 is 1.89. The average Bonchev–Trinajstić information content (AvgIpc) is 3.71. The van der Waals surface area contributed by atoms with E-state index in [1.807, 2.05) is 51.8 Å². The number of fused-ring (bicyclic) bond motifs is 1. The van der Waals surface area contributed by atoms with Crippen molar-refractivity contribution in [3.8, 4) is 33.6 Å². The van der Waals surface area contributed by atoms with Gasteiger partial charge in [0.2, 0.25) is 0 Å². The molecule has 3 aromatic heterocycles. The SMILES string of the molecule is CCn1cc(-c2ccnc3[nH]c(-c4ccc(CN5CCOCC5)cc4)cc23)c(-c2ccc(NC(=O)N3CCSCC3)cc2)n1. The molecule has 2 N–H and O–H groups in total. The van der Waals surface area contributed by atoms with Crippen molar-refractivity contribution in [3.63, 3.8) is 0 Å². The van der Waals surface area contributed by atoms with E-state index in [1.54, 1.807) is 0 Å². The predicted molar refractivity (Wildman–Crippen MR) is 178 cm³/mol. The zero-order chi connectivity index (χ0) is 29.9. The van der Waals surface area contributed by atoms with Crippen molar-refractivity contribution >= 4 is 34.5 Å². The van der Waals surface area contributed by atoms with Gasteiger partial charge in [-0.15, -0.1) is 0 Å². The van der Waals surface area contributed by atoms with E-state index in [2.05, 4.69) is 69.7 Å². The highest BCUT2D eigenvalue weighted by Crippen LogP contribution is 2.37. The van der Waals surface area contributed by atoms with E-state index in [0.29, 0.717) is 0 Å². The highest BCUT2D eigenvalue weighted by Gasteiger charge is 2.19. The van der Waals surface area contributed by atoms with Crippen molar-refractivity contribution in [2.24, 2.45) is 0 Å². The molecule has 5 heterocycles. The maximum absolute atomic E-state index is 12.7. The van der Waals surface area contributed by atoms with E-state index in [4.69, 9.17) is 9.84 Å². The first-order valence-corrected chi connectivity index (χ1v) is 16.5. The molecule has 0 atom stereocenters. The Morgan fingerprint density at radius 2 is 1.70 bits per heavy atom. The van der Waals surface area contributed by atoms with Gasteiger partial charge in [-0.05, 0) is 47.9 Å². The summed E-state index contributed by atoms with van der Waals surface area (Å²) in [7, 11) is 0. The molecule has 2 aromatic carbocycles. The summed E-state index contributed by atoms with van der Waals surface area (Å²) in [6.07, 6.45) is 3.97. The number of amides is 2. The standard InChI is InChI=1S/C34H37N7O2S/c1-2-41-23-30(32(38-41)26-7-9-27(10-8-26)36-34(42)40-15-19-44-20-16-40)28-11-12-35-33-29(28)21-31(37-33)25-5-3-24(4-6-25)22-39-13-17-43-18-14-39/h3-12,21,23H,2,13-20,22H2,1H3,(H,35,37)(H,36,42). The van der Waals surface area contributed by atoms with Crippen LogP contribution in [-0.2, 0) is 17.8 Å². The number of ether oxygens (including phenoxy) is 1. The van der Waals surface area contributed by atoms with E-state index in [0.717, 1.165) is 114 Å². The topological polar surface area (TPSA) is 91.3 Å². The van der Waals surface area contributed by atoms with Crippen LogP contribution in [0.1, 0.15) is 12.5 Å². The number of pyridine rings is 1. The average molecular weight is 608 g/mol. The van der Waals surface area contributed by atoms with Crippen LogP contribution < -0.4 is 5.32 Å². The molecule has 5 aromatic rings. The van der Waals surface area contributed by atoms with Crippen molar-refractivity contribution in [2.45, 2.75) is 20.0 Å². The van der Waals surface area contributed by atoms with Gasteiger partial charge in [-0.1, -0.05) is 36.4 Å². The van der Waals surface area contributed by atoms with E-state index in [9.17, 15) is 4.79 Å². The molecular formula is C34H37N7O2S. The van der Waals surface area contributed by atoms with Crippen LogP contribution in [0.25, 0.3) is 44.7 Å². The zero-order valence-corrected chi connectivity index (χ0v) is 25.8. The van der Waals surface area contributed by atoms with E-state index >= 15 is 0 Å². The molecule has 7 rings (SSSR count). The summed E-state index contributed by atoms with van der Waals surface area (Å²) in [5.74, 6) is 1.98. The minimum absolute atomic E-state index is 0.0387. The minimum Gasteiger partial charge on any atom is -0.379 e. The van der Waals surface area contributed by atoms with Crippen LogP contribution in [0.15, 0.2) is 73.1 Å². The Balaban J connectivity index is 1.15. The zero-order valence-electron chi connectivity index (χ0n) is 25.0. The number of rotatable bonds is 7. The van der Waals surface area contributed by atoms with Crippen LogP contribution >= 0.6 is 11.8 Å². The van der Waals surface area contributed by atoms with Crippen molar-refractivity contribution in [1.29, 1.82) is 0 Å². The van der Waals surface area contributed by atoms with Gasteiger partial charge in [0.15, 0.2) is 0 Å². The Kier molecular flexibility index (Phi) is 8.37. The molecule has 0 aliphatic carbocycles. The number of H-pyrrole nitrogens is 1. The fourth-order valence-electron chi connectivity index (χ4n) is 5.90. The molecule has 0 radical (unpaired) electrons. The van der Waals surface area contributed by atoms with Crippen LogP contribution in [0.4, 0.5) is 10.5 Å². The number of morpholine rings is 1. The molecule has 44 heavy (non-hydrogen) atoms. The fraction of sp³-hybridized carbons (Fsp3) is 0.324. The molecule has 0 spiro atoms. The van der Waals surface area contributed by atoms with Crippen molar-refractivity contribution in [2.75, 3.05) is 56.2 Å². The smallest absolute Gasteiger partial charge is 0.321 e. The van der Waals surface area contributed by atoms with Gasteiger partial charge >= 0.3 is 6.03 Å². The van der Waals surface area contributed by atoms with Gasteiger partial charge in [0.25, 0.3) is 0 Å². The third-order valence-electron chi connectivity index (χ3n) is 8.39. The molecule has 2 aliphatic rings. The fourth-order valence-corrected chi connectivity index (χ4v) is 6.80. The number of benzene rings is 2. The number of hydrogen-bond acceptors (Lipinski definition) is 6. The van der Waals surface area contributed by atoms with Gasteiger partial charge in [-0.3, -0.25) is 9.58 Å². The van der Waals surface area contributed by atoms with Gasteiger partial charge in [0, 0.05) is 91.1 Å². The molecule has 0 bridgehead atoms. The van der Waals surface area contributed by atoms with Gasteiger partial charge in [0.05, 0.1) is 13.2 Å². The molecule has 10 heteroatoms. The number of hydrogen-bond donors (Lipinski definition) is 2. The number of aromatic nitrogens is 4. The van der Waals surface area contributed by atoms with Crippen LogP contribution in [-0.4, -0.2) is 86.5 Å². The number of carbonyl (C=O) groups is 1. The van der Waals surface area contributed by atoms with E-state index in [1.165, 1.54) is 5.56 Å².